The number of nitrogens with one attached hydrogen (secondary N) is 5. The van der Waals surface area contributed by atoms with Gasteiger partial charge in [-0.2, -0.15) is 10.2 Å². The van der Waals surface area contributed by atoms with E-state index in [1.54, 1.807) is 22.9 Å². The summed E-state index contributed by atoms with van der Waals surface area (Å²) in [6.45, 7) is 0. The highest BCUT2D eigenvalue weighted by Crippen LogP contribution is 2.49. The molecule has 4 aromatic heterocycles. The third-order valence-electron chi connectivity index (χ3n) is 9.42. The van der Waals surface area contributed by atoms with Gasteiger partial charge in [-0.15, -0.1) is 0 Å². The monoisotopic (exact) mass is 668 g/mol. The number of para-hydroxylation sites is 2. The van der Waals surface area contributed by atoms with Crippen LogP contribution < -0.4 is 10.6 Å². The van der Waals surface area contributed by atoms with Gasteiger partial charge < -0.3 is 20.6 Å². The van der Waals surface area contributed by atoms with Crippen molar-refractivity contribution in [1.82, 2.24) is 39.9 Å². The molecule has 0 saturated heterocycles. The molecule has 1 atom stereocenters. The summed E-state index contributed by atoms with van der Waals surface area (Å²) in [5, 5.41) is 19.7. The molecule has 2 aliphatic carbocycles. The minimum atomic E-state index is -2.97. The van der Waals surface area contributed by atoms with Crippen LogP contribution in [0.15, 0.2) is 78.9 Å². The quantitative estimate of drug-likeness (QED) is 0.124. The number of hydrogen-bond acceptors (Lipinski definition) is 6. The van der Waals surface area contributed by atoms with Gasteiger partial charge in [0.25, 0.3) is 5.92 Å². The fourth-order valence-electron chi connectivity index (χ4n) is 6.46. The molecule has 1 unspecified atom stereocenters. The second kappa shape index (κ2) is 10.3. The normalized spacial score (nSPS) is 16.8. The van der Waals surface area contributed by atoms with Gasteiger partial charge in [-0.3, -0.25) is 14.7 Å². The van der Waals surface area contributed by atoms with Crippen LogP contribution in [0.2, 0.25) is 0 Å². The van der Waals surface area contributed by atoms with Crippen molar-refractivity contribution in [3.05, 3.63) is 78.9 Å². The first-order valence-corrected chi connectivity index (χ1v) is 16.2. The molecular formula is C36H26F2N10O2. The lowest BCUT2D eigenvalue weighted by molar-refractivity contribution is -0.119. The maximum absolute atomic E-state index is 13.6. The predicted molar refractivity (Wildman–Crippen MR) is 184 cm³/mol. The van der Waals surface area contributed by atoms with E-state index in [1.807, 2.05) is 60.7 Å². The van der Waals surface area contributed by atoms with Gasteiger partial charge in [-0.1, -0.05) is 12.1 Å². The number of H-pyrrole nitrogens is 3. The summed E-state index contributed by atoms with van der Waals surface area (Å²) in [7, 11) is 0. The van der Waals surface area contributed by atoms with Crippen molar-refractivity contribution in [2.24, 2.45) is 11.8 Å². The minimum absolute atomic E-state index is 0.0316. The number of anilines is 2. The fraction of sp³-hybridized carbons (Fsp3) is 0.167. The lowest BCUT2D eigenvalue weighted by Gasteiger charge is -2.06. The molecule has 10 rings (SSSR count). The Morgan fingerprint density at radius 3 is 2.24 bits per heavy atom. The summed E-state index contributed by atoms with van der Waals surface area (Å²) in [5.41, 5.74) is 7.56. The SMILES string of the molecule is O=C(Nc1ccc2[nH]nc(-c3nc4ccc(-n5nc(-c6nc7ccccc7[nH]6)c6cc(NC(=O)C7CC7(F)F)ccc65)cc4[nH]3)c2c1)C1CC1. The number of aromatic amines is 3. The molecule has 2 aliphatic rings. The highest BCUT2D eigenvalue weighted by Gasteiger charge is 2.61. The number of carbonyl (C=O) groups excluding carboxylic acids is 2. The van der Waals surface area contributed by atoms with E-state index in [2.05, 4.69) is 30.8 Å². The highest BCUT2D eigenvalue weighted by molar-refractivity contribution is 6.02. The first-order chi connectivity index (χ1) is 24.3. The Morgan fingerprint density at radius 2 is 1.46 bits per heavy atom. The van der Waals surface area contributed by atoms with Crippen LogP contribution in [0.1, 0.15) is 19.3 Å². The number of fused-ring (bicyclic) bond motifs is 4. The van der Waals surface area contributed by atoms with Crippen molar-refractivity contribution >= 4 is 67.1 Å². The molecule has 0 aliphatic heterocycles. The number of alkyl halides is 2. The number of benzene rings is 4. The van der Waals surface area contributed by atoms with Crippen molar-refractivity contribution in [3.63, 3.8) is 0 Å². The average molecular weight is 669 g/mol. The Kier molecular flexibility index (Phi) is 5.87. The fourth-order valence-corrected chi connectivity index (χ4v) is 6.46. The number of carbonyl (C=O) groups is 2. The van der Waals surface area contributed by atoms with Gasteiger partial charge in [0.05, 0.1) is 38.8 Å². The van der Waals surface area contributed by atoms with Crippen LogP contribution >= 0.6 is 0 Å². The van der Waals surface area contributed by atoms with Gasteiger partial charge in [0.2, 0.25) is 11.8 Å². The van der Waals surface area contributed by atoms with E-state index < -0.39 is 24.2 Å². The van der Waals surface area contributed by atoms with E-state index in [0.717, 1.165) is 46.0 Å². The first-order valence-electron chi connectivity index (χ1n) is 16.2. The zero-order valence-corrected chi connectivity index (χ0v) is 26.1. The van der Waals surface area contributed by atoms with Crippen LogP contribution in [0.5, 0.6) is 0 Å². The molecule has 5 N–H and O–H groups in total. The Balaban J connectivity index is 1.04. The van der Waals surface area contributed by atoms with E-state index in [4.69, 9.17) is 15.1 Å². The van der Waals surface area contributed by atoms with E-state index in [1.165, 1.54) is 0 Å². The predicted octanol–water partition coefficient (Wildman–Crippen LogP) is 6.93. The Morgan fingerprint density at radius 1 is 0.760 bits per heavy atom. The van der Waals surface area contributed by atoms with E-state index in [9.17, 15) is 18.4 Å². The maximum Gasteiger partial charge on any atom is 0.260 e. The molecule has 4 aromatic carbocycles. The summed E-state index contributed by atoms with van der Waals surface area (Å²) in [5.74, 6) is -3.80. The second-order valence-corrected chi connectivity index (χ2v) is 13.0. The molecule has 8 aromatic rings. The van der Waals surface area contributed by atoms with Crippen LogP contribution in [0.4, 0.5) is 20.2 Å². The number of hydrogen-bond donors (Lipinski definition) is 5. The van der Waals surface area contributed by atoms with Crippen LogP contribution in [-0.4, -0.2) is 57.7 Å². The molecule has 50 heavy (non-hydrogen) atoms. The first kappa shape index (κ1) is 28.6. The minimum Gasteiger partial charge on any atom is -0.337 e. The molecule has 246 valence electrons. The number of halogens is 2. The van der Waals surface area contributed by atoms with E-state index in [-0.39, 0.29) is 11.8 Å². The largest absolute Gasteiger partial charge is 0.337 e. The van der Waals surface area contributed by atoms with Gasteiger partial charge >= 0.3 is 0 Å². The smallest absolute Gasteiger partial charge is 0.260 e. The van der Waals surface area contributed by atoms with Gasteiger partial charge in [-0.05, 0) is 79.6 Å². The van der Waals surface area contributed by atoms with Crippen LogP contribution in [0, 0.1) is 11.8 Å². The van der Waals surface area contributed by atoms with Gasteiger partial charge in [0.15, 0.2) is 11.6 Å². The number of imidazole rings is 2. The summed E-state index contributed by atoms with van der Waals surface area (Å²) in [6, 6.07) is 24.2. The molecule has 12 nitrogen and oxygen atoms in total. The van der Waals surface area contributed by atoms with Crippen molar-refractivity contribution in [2.75, 3.05) is 10.6 Å². The molecule has 0 radical (unpaired) electrons. The van der Waals surface area contributed by atoms with Crippen LogP contribution in [0.3, 0.4) is 0 Å². The molecule has 2 amide bonds. The van der Waals surface area contributed by atoms with Crippen molar-refractivity contribution in [1.29, 1.82) is 0 Å². The summed E-state index contributed by atoms with van der Waals surface area (Å²) in [4.78, 5) is 41.2. The lowest BCUT2D eigenvalue weighted by atomic mass is 10.1. The molecule has 2 saturated carbocycles. The number of aromatic nitrogens is 8. The summed E-state index contributed by atoms with van der Waals surface area (Å²) < 4.78 is 29.0. The molecule has 4 heterocycles. The number of nitrogens with zero attached hydrogens (tertiary/aromatic N) is 5. The van der Waals surface area contributed by atoms with E-state index in [0.29, 0.717) is 50.8 Å². The van der Waals surface area contributed by atoms with Crippen LogP contribution in [0.25, 0.3) is 72.6 Å². The van der Waals surface area contributed by atoms with Gasteiger partial charge in [-0.25, -0.2) is 23.4 Å². The number of amides is 2. The Hall–Kier alpha value is -6.44. The standard InChI is InChI=1S/C36H26F2N10O2/c37-36(38)16-23(36)35(50)40-19-8-12-29-22(14-19)31(33-41-25-3-1-2-4-26(25)42-33)47-48(29)20-9-11-27-28(15-20)44-32(43-27)30-21-13-18(7-10-24(21)45-46-30)39-34(49)17-5-6-17/h1-4,7-15,17,23H,5-6,16H2,(H,39,49)(H,40,50)(H,41,42)(H,43,44)(H,45,46). The van der Waals surface area contributed by atoms with Crippen molar-refractivity contribution in [3.8, 4) is 28.7 Å². The van der Waals surface area contributed by atoms with E-state index >= 15 is 0 Å². The Labute approximate surface area is 280 Å². The molecule has 0 bridgehead atoms. The summed E-state index contributed by atoms with van der Waals surface area (Å²) >= 11 is 0. The van der Waals surface area contributed by atoms with Gasteiger partial charge in [0.1, 0.15) is 17.3 Å². The highest BCUT2D eigenvalue weighted by atomic mass is 19.3. The number of rotatable bonds is 7. The molecule has 14 heteroatoms. The third-order valence-corrected chi connectivity index (χ3v) is 9.42. The van der Waals surface area contributed by atoms with Crippen molar-refractivity contribution in [2.45, 2.75) is 25.2 Å². The van der Waals surface area contributed by atoms with Crippen LogP contribution in [-0.2, 0) is 9.59 Å². The van der Waals surface area contributed by atoms with Crippen molar-refractivity contribution < 1.29 is 18.4 Å². The van der Waals surface area contributed by atoms with Gasteiger partial charge in [0, 0.05) is 34.5 Å². The Bertz CT molecular complexity index is 2670. The maximum atomic E-state index is 13.6. The zero-order chi connectivity index (χ0) is 33.7. The summed E-state index contributed by atoms with van der Waals surface area (Å²) in [6.07, 6.45) is 1.40. The lowest BCUT2D eigenvalue weighted by Crippen LogP contribution is -2.17. The third kappa shape index (κ3) is 4.70. The molecular weight excluding hydrogens is 642 g/mol. The topological polar surface area (TPSA) is 162 Å². The molecule has 2 fully saturated rings. The molecule has 0 spiro atoms. The average Bonchev–Trinajstić information content (AvgIpc) is 3.77. The second-order valence-electron chi connectivity index (χ2n) is 13.0. The zero-order valence-electron chi connectivity index (χ0n) is 26.1.